The molecule has 0 amide bonds. The molecular weight excluding hydrogens is 595 g/mol. The molecule has 0 N–H and O–H groups in total. The SMILES string of the molecule is CN1Cc2ccccc2-c2ccccc21.Cn1c(=O)c2ccccc2c2ccccc21.Cn1c(=S)c2ccccc2c2ccccc21. The average Bonchev–Trinajstić information content (AvgIpc) is 3.13. The van der Waals surface area contributed by atoms with E-state index in [1.807, 2.05) is 68.7 Å². The first kappa shape index (κ1) is 30.2. The molecule has 0 unspecified atom stereocenters. The molecule has 0 saturated carbocycles. The third kappa shape index (κ3) is 5.49. The van der Waals surface area contributed by atoms with E-state index in [1.54, 1.807) is 4.57 Å². The van der Waals surface area contributed by atoms with E-state index < -0.39 is 0 Å². The maximum absolute atomic E-state index is 12.1. The molecule has 0 aliphatic carbocycles. The van der Waals surface area contributed by atoms with Gasteiger partial charge in [0.15, 0.2) is 0 Å². The van der Waals surface area contributed by atoms with Crippen LogP contribution in [0.2, 0.25) is 0 Å². The fraction of sp³-hybridized carbons (Fsp3) is 0.0952. The van der Waals surface area contributed by atoms with E-state index in [1.165, 1.54) is 38.7 Å². The number of para-hydroxylation sites is 3. The molecule has 0 radical (unpaired) electrons. The number of nitrogens with zero attached hydrogens (tertiary/aromatic N) is 3. The molecule has 230 valence electrons. The fourth-order valence-electron chi connectivity index (χ4n) is 6.67. The minimum atomic E-state index is 0.0642. The summed E-state index contributed by atoms with van der Waals surface area (Å²) in [7, 11) is 5.99. The van der Waals surface area contributed by atoms with Crippen LogP contribution in [0.3, 0.4) is 0 Å². The van der Waals surface area contributed by atoms with Gasteiger partial charge in [0.25, 0.3) is 5.56 Å². The van der Waals surface area contributed by atoms with Crippen LogP contribution >= 0.6 is 12.2 Å². The lowest BCUT2D eigenvalue weighted by Gasteiger charge is -2.29. The van der Waals surface area contributed by atoms with Crippen molar-refractivity contribution in [2.24, 2.45) is 14.1 Å². The number of fused-ring (bicyclic) bond motifs is 9. The molecule has 5 heteroatoms. The molecule has 47 heavy (non-hydrogen) atoms. The standard InChI is InChI=1S/C14H11NO.C14H11NS.C14H13N/c2*1-15-13-9-5-4-7-11(13)10-6-2-3-8-12(10)14(15)16;1-15-10-11-6-2-3-7-12(11)13-8-4-5-9-14(13)15/h2*2-9H,1H3;2-9H,10H2,1H3. The Morgan fingerprint density at radius 1 is 0.468 bits per heavy atom. The smallest absolute Gasteiger partial charge is 0.258 e. The highest BCUT2D eigenvalue weighted by molar-refractivity contribution is 7.71. The average molecular weight is 630 g/mol. The molecule has 6 aromatic carbocycles. The zero-order valence-electron chi connectivity index (χ0n) is 26.7. The van der Waals surface area contributed by atoms with Gasteiger partial charge in [0, 0.05) is 66.0 Å². The minimum Gasteiger partial charge on any atom is -0.370 e. The molecular formula is C42H35N3OS. The predicted octanol–water partition coefficient (Wildman–Crippen LogP) is 10.1. The Bertz CT molecular complexity index is 2420. The number of hydrogen-bond donors (Lipinski definition) is 0. The first-order chi connectivity index (χ1) is 22.9. The summed E-state index contributed by atoms with van der Waals surface area (Å²) in [6.07, 6.45) is 0. The summed E-state index contributed by atoms with van der Waals surface area (Å²) in [5.74, 6) is 0. The zero-order valence-corrected chi connectivity index (χ0v) is 27.5. The Morgan fingerprint density at radius 2 is 0.915 bits per heavy atom. The number of rotatable bonds is 0. The summed E-state index contributed by atoms with van der Waals surface area (Å²) in [5.41, 5.74) is 7.70. The molecule has 3 heterocycles. The van der Waals surface area contributed by atoms with Gasteiger partial charge in [-0.05, 0) is 46.2 Å². The summed E-state index contributed by atoms with van der Waals surface area (Å²) in [6.45, 7) is 1.01. The quantitative estimate of drug-likeness (QED) is 0.124. The molecule has 9 rings (SSSR count). The van der Waals surface area contributed by atoms with Gasteiger partial charge in [-0.15, -0.1) is 0 Å². The van der Waals surface area contributed by atoms with E-state index in [2.05, 4.69) is 108 Å². The van der Waals surface area contributed by atoms with Gasteiger partial charge < -0.3 is 14.0 Å². The van der Waals surface area contributed by atoms with Crippen LogP contribution < -0.4 is 10.5 Å². The van der Waals surface area contributed by atoms with E-state index in [0.717, 1.165) is 38.2 Å². The number of anilines is 1. The van der Waals surface area contributed by atoms with Gasteiger partial charge in [-0.1, -0.05) is 134 Å². The van der Waals surface area contributed by atoms with Crippen molar-refractivity contribution in [2.45, 2.75) is 6.54 Å². The molecule has 0 saturated heterocycles. The molecule has 2 aromatic heterocycles. The number of benzene rings is 6. The van der Waals surface area contributed by atoms with Crippen molar-refractivity contribution < 1.29 is 0 Å². The number of aromatic nitrogens is 2. The third-order valence-electron chi connectivity index (χ3n) is 9.07. The first-order valence-corrected chi connectivity index (χ1v) is 16.2. The van der Waals surface area contributed by atoms with Gasteiger partial charge in [0.1, 0.15) is 4.64 Å². The van der Waals surface area contributed by atoms with Gasteiger partial charge in [0.05, 0.1) is 5.52 Å². The maximum Gasteiger partial charge on any atom is 0.258 e. The highest BCUT2D eigenvalue weighted by Gasteiger charge is 2.17. The van der Waals surface area contributed by atoms with Crippen LogP contribution in [-0.2, 0) is 20.6 Å². The Morgan fingerprint density at radius 3 is 1.57 bits per heavy atom. The molecule has 0 bridgehead atoms. The van der Waals surface area contributed by atoms with E-state index in [0.29, 0.717) is 0 Å². The summed E-state index contributed by atoms with van der Waals surface area (Å²) in [5, 5.41) is 6.58. The summed E-state index contributed by atoms with van der Waals surface area (Å²) >= 11 is 5.49. The predicted molar refractivity (Wildman–Crippen MR) is 202 cm³/mol. The normalized spacial score (nSPS) is 11.8. The highest BCUT2D eigenvalue weighted by atomic mass is 32.1. The van der Waals surface area contributed by atoms with Gasteiger partial charge in [0.2, 0.25) is 0 Å². The van der Waals surface area contributed by atoms with Gasteiger partial charge in [-0.2, -0.15) is 0 Å². The Hall–Kier alpha value is -5.52. The van der Waals surface area contributed by atoms with Crippen molar-refractivity contribution in [3.05, 3.63) is 166 Å². The van der Waals surface area contributed by atoms with E-state index in [4.69, 9.17) is 12.2 Å². The topological polar surface area (TPSA) is 30.2 Å². The summed E-state index contributed by atoms with van der Waals surface area (Å²) < 4.78 is 4.68. The second-order valence-electron chi connectivity index (χ2n) is 11.9. The van der Waals surface area contributed by atoms with Gasteiger partial charge in [-0.25, -0.2) is 0 Å². The van der Waals surface area contributed by atoms with Crippen LogP contribution in [0, 0.1) is 4.64 Å². The molecule has 0 spiro atoms. The summed E-state index contributed by atoms with van der Waals surface area (Å²) in [6, 6.07) is 49.6. The van der Waals surface area contributed by atoms with Crippen molar-refractivity contribution in [3.63, 3.8) is 0 Å². The Balaban J connectivity index is 0.000000112. The van der Waals surface area contributed by atoms with Crippen LogP contribution in [0.1, 0.15) is 5.56 Å². The van der Waals surface area contributed by atoms with Crippen LogP contribution in [0.25, 0.3) is 54.5 Å². The largest absolute Gasteiger partial charge is 0.370 e. The van der Waals surface area contributed by atoms with Crippen LogP contribution in [0.15, 0.2) is 150 Å². The van der Waals surface area contributed by atoms with Crippen molar-refractivity contribution in [3.8, 4) is 11.1 Å². The Labute approximate surface area is 279 Å². The molecule has 0 fully saturated rings. The van der Waals surface area contributed by atoms with Crippen LogP contribution in [-0.4, -0.2) is 16.2 Å². The zero-order chi connectivity index (χ0) is 32.5. The van der Waals surface area contributed by atoms with Crippen LogP contribution in [0.5, 0.6) is 0 Å². The molecule has 1 aliphatic heterocycles. The van der Waals surface area contributed by atoms with Crippen molar-refractivity contribution in [1.29, 1.82) is 0 Å². The van der Waals surface area contributed by atoms with Crippen molar-refractivity contribution in [1.82, 2.24) is 9.13 Å². The first-order valence-electron chi connectivity index (χ1n) is 15.8. The van der Waals surface area contributed by atoms with E-state index >= 15 is 0 Å². The third-order valence-corrected chi connectivity index (χ3v) is 9.56. The lowest BCUT2D eigenvalue weighted by Crippen LogP contribution is -2.21. The fourth-order valence-corrected chi connectivity index (χ4v) is 6.95. The monoisotopic (exact) mass is 629 g/mol. The lowest BCUT2D eigenvalue weighted by atomic mass is 9.94. The highest BCUT2D eigenvalue weighted by Crippen LogP contribution is 2.37. The molecule has 1 aliphatic rings. The van der Waals surface area contributed by atoms with Gasteiger partial charge >= 0.3 is 0 Å². The number of pyridine rings is 2. The number of aryl methyl sites for hydroxylation is 2. The summed E-state index contributed by atoms with van der Waals surface area (Å²) in [4.78, 5) is 14.4. The molecule has 8 aromatic rings. The van der Waals surface area contributed by atoms with E-state index in [9.17, 15) is 4.79 Å². The lowest BCUT2D eigenvalue weighted by molar-refractivity contribution is 0.911. The second-order valence-corrected chi connectivity index (χ2v) is 12.3. The van der Waals surface area contributed by atoms with Crippen molar-refractivity contribution in [2.75, 3.05) is 11.9 Å². The Kier molecular flexibility index (Phi) is 8.15. The number of hydrogen-bond acceptors (Lipinski definition) is 3. The molecule has 4 nitrogen and oxygen atoms in total. The van der Waals surface area contributed by atoms with E-state index in [-0.39, 0.29) is 5.56 Å². The second kappa shape index (κ2) is 12.7. The molecule has 0 atom stereocenters. The van der Waals surface area contributed by atoms with Gasteiger partial charge in [-0.3, -0.25) is 4.79 Å². The van der Waals surface area contributed by atoms with Crippen LogP contribution in [0.4, 0.5) is 5.69 Å². The van der Waals surface area contributed by atoms with Crippen molar-refractivity contribution >= 4 is 61.3 Å². The minimum absolute atomic E-state index is 0.0642. The maximum atomic E-state index is 12.1.